The minimum absolute atomic E-state index is 0.509. The molecule has 0 fully saturated rings. The van der Waals surface area contributed by atoms with Crippen molar-refractivity contribution in [3.63, 3.8) is 0 Å². The maximum atomic E-state index is 11.4. The molecule has 4 nitrogen and oxygen atoms in total. The van der Waals surface area contributed by atoms with Crippen molar-refractivity contribution in [2.24, 2.45) is 0 Å². The van der Waals surface area contributed by atoms with Gasteiger partial charge in [0.15, 0.2) is 0 Å². The summed E-state index contributed by atoms with van der Waals surface area (Å²) in [5, 5.41) is 10.0. The lowest BCUT2D eigenvalue weighted by atomic mass is 10.1. The number of hydroxylamine groups is 2. The lowest BCUT2D eigenvalue weighted by molar-refractivity contribution is -0.108. The van der Waals surface area contributed by atoms with Crippen molar-refractivity contribution in [3.05, 3.63) is 24.8 Å². The molecule has 0 aromatic heterocycles. The molecule has 0 aromatic carbocycles. The smallest absolute Gasteiger partial charge is 0.434 e. The van der Waals surface area contributed by atoms with Gasteiger partial charge in [0, 0.05) is 0 Å². The number of hydrogen-bond donors (Lipinski definition) is 1. The van der Waals surface area contributed by atoms with Crippen molar-refractivity contribution in [2.45, 2.75) is 39.3 Å². The van der Waals surface area contributed by atoms with E-state index in [1.54, 1.807) is 27.7 Å². The van der Waals surface area contributed by atoms with E-state index in [0.717, 1.165) is 0 Å². The molecule has 0 aliphatic heterocycles. The van der Waals surface area contributed by atoms with Gasteiger partial charge in [-0.05, 0) is 33.3 Å². The summed E-state index contributed by atoms with van der Waals surface area (Å²) in [4.78, 5) is 11.4. The summed E-state index contributed by atoms with van der Waals surface area (Å²) in [7, 11) is 0. The molecule has 4 heteroatoms. The fraction of sp³-hybridized carbons (Fsp3) is 0.545. The Morgan fingerprint density at radius 3 is 2.33 bits per heavy atom. The Morgan fingerprint density at radius 2 is 2.00 bits per heavy atom. The van der Waals surface area contributed by atoms with Crippen LogP contribution < -0.4 is 0 Å². The van der Waals surface area contributed by atoms with Gasteiger partial charge in [-0.25, -0.2) is 4.79 Å². The minimum Gasteiger partial charge on any atom is -0.442 e. The van der Waals surface area contributed by atoms with Gasteiger partial charge in [-0.15, -0.1) is 0 Å². The highest BCUT2D eigenvalue weighted by Crippen LogP contribution is 2.13. The largest absolute Gasteiger partial charge is 0.442 e. The van der Waals surface area contributed by atoms with Gasteiger partial charge in [0.05, 0.1) is 6.04 Å². The summed E-state index contributed by atoms with van der Waals surface area (Å²) in [6, 6.07) is -0.544. The second kappa shape index (κ2) is 4.98. The normalized spacial score (nSPS) is 12.9. The molecule has 15 heavy (non-hydrogen) atoms. The van der Waals surface area contributed by atoms with Gasteiger partial charge in [0.1, 0.15) is 5.60 Å². The van der Waals surface area contributed by atoms with Crippen LogP contribution >= 0.6 is 0 Å². The van der Waals surface area contributed by atoms with Crippen LogP contribution in [0, 0.1) is 0 Å². The Morgan fingerprint density at radius 1 is 1.53 bits per heavy atom. The van der Waals surface area contributed by atoms with E-state index in [0.29, 0.717) is 10.6 Å². The summed E-state index contributed by atoms with van der Waals surface area (Å²) in [6.45, 7) is 14.0. The van der Waals surface area contributed by atoms with E-state index in [1.165, 1.54) is 6.08 Å². The summed E-state index contributed by atoms with van der Waals surface area (Å²) < 4.78 is 4.98. The van der Waals surface area contributed by atoms with Crippen LogP contribution in [0.5, 0.6) is 0 Å². The van der Waals surface area contributed by atoms with Crippen molar-refractivity contribution < 1.29 is 14.7 Å². The molecule has 0 aliphatic rings. The molecular formula is C11H19NO3. The van der Waals surface area contributed by atoms with Gasteiger partial charge in [-0.1, -0.05) is 19.2 Å². The summed E-state index contributed by atoms with van der Waals surface area (Å²) in [5.41, 5.74) is -0.0869. The predicted molar refractivity (Wildman–Crippen MR) is 58.7 cm³/mol. The first-order valence-electron chi connectivity index (χ1n) is 4.71. The Labute approximate surface area is 90.8 Å². The Balaban J connectivity index is 4.45. The van der Waals surface area contributed by atoms with E-state index >= 15 is 0 Å². The van der Waals surface area contributed by atoms with Crippen LogP contribution in [0.3, 0.4) is 0 Å². The maximum absolute atomic E-state index is 11.4. The molecule has 1 unspecified atom stereocenters. The van der Waals surface area contributed by atoms with Crippen LogP contribution in [0.2, 0.25) is 0 Å². The second-order valence-electron chi connectivity index (χ2n) is 4.28. The van der Waals surface area contributed by atoms with Gasteiger partial charge in [0.25, 0.3) is 0 Å². The number of carbonyl (C=O) groups excluding carboxylic acids is 1. The van der Waals surface area contributed by atoms with Crippen LogP contribution in [0.25, 0.3) is 0 Å². The van der Waals surface area contributed by atoms with E-state index < -0.39 is 17.7 Å². The summed E-state index contributed by atoms with van der Waals surface area (Å²) in [6.07, 6.45) is 0.691. The molecule has 0 radical (unpaired) electrons. The van der Waals surface area contributed by atoms with Crippen molar-refractivity contribution in [3.8, 4) is 0 Å². The monoisotopic (exact) mass is 213 g/mol. The third kappa shape index (κ3) is 4.65. The number of hydrogen-bond acceptors (Lipinski definition) is 3. The van der Waals surface area contributed by atoms with Gasteiger partial charge in [-0.3, -0.25) is 5.21 Å². The van der Waals surface area contributed by atoms with E-state index in [-0.39, 0.29) is 0 Å². The van der Waals surface area contributed by atoms with Gasteiger partial charge >= 0.3 is 6.09 Å². The van der Waals surface area contributed by atoms with E-state index in [9.17, 15) is 10.0 Å². The lowest BCUT2D eigenvalue weighted by Gasteiger charge is -2.27. The Kier molecular flexibility index (Phi) is 4.55. The van der Waals surface area contributed by atoms with Crippen molar-refractivity contribution in [1.82, 2.24) is 5.06 Å². The van der Waals surface area contributed by atoms with Crippen LogP contribution in [0.1, 0.15) is 27.7 Å². The molecule has 1 amide bonds. The van der Waals surface area contributed by atoms with E-state index in [2.05, 4.69) is 13.2 Å². The number of rotatable bonds is 3. The van der Waals surface area contributed by atoms with Gasteiger partial charge in [-0.2, -0.15) is 5.06 Å². The zero-order valence-electron chi connectivity index (χ0n) is 9.78. The highest BCUT2D eigenvalue weighted by molar-refractivity contribution is 5.67. The van der Waals surface area contributed by atoms with Crippen molar-refractivity contribution in [2.75, 3.05) is 0 Å². The third-order valence-corrected chi connectivity index (χ3v) is 1.75. The zero-order valence-corrected chi connectivity index (χ0v) is 9.78. The van der Waals surface area contributed by atoms with Crippen LogP contribution in [0.4, 0.5) is 4.79 Å². The fourth-order valence-electron chi connectivity index (χ4n) is 0.794. The van der Waals surface area contributed by atoms with E-state index in [4.69, 9.17) is 4.74 Å². The van der Waals surface area contributed by atoms with Crippen LogP contribution in [-0.2, 0) is 4.74 Å². The molecule has 1 N–H and O–H groups in total. The van der Waals surface area contributed by atoms with Crippen LogP contribution in [0.15, 0.2) is 24.8 Å². The highest BCUT2D eigenvalue weighted by Gasteiger charge is 2.25. The molecule has 0 spiro atoms. The zero-order chi connectivity index (χ0) is 12.2. The quantitative estimate of drug-likeness (QED) is 0.445. The number of amides is 1. The topological polar surface area (TPSA) is 49.8 Å². The Hall–Kier alpha value is -1.29. The van der Waals surface area contributed by atoms with Crippen molar-refractivity contribution in [1.29, 1.82) is 0 Å². The second-order valence-corrected chi connectivity index (χ2v) is 4.28. The first kappa shape index (κ1) is 13.7. The molecular weight excluding hydrogens is 194 g/mol. The summed E-state index contributed by atoms with van der Waals surface area (Å²) >= 11 is 0. The molecule has 0 heterocycles. The lowest BCUT2D eigenvalue weighted by Crippen LogP contribution is -2.40. The molecule has 0 aliphatic carbocycles. The average Bonchev–Trinajstić information content (AvgIpc) is 2.11. The molecule has 1 atom stereocenters. The SMILES string of the molecule is C=CC(=C)C(C)N(O)C(=O)OC(C)(C)C. The summed E-state index contributed by atoms with van der Waals surface area (Å²) in [5.74, 6) is 0. The predicted octanol–water partition coefficient (Wildman–Crippen LogP) is 2.74. The highest BCUT2D eigenvalue weighted by atomic mass is 16.6. The third-order valence-electron chi connectivity index (χ3n) is 1.75. The van der Waals surface area contributed by atoms with Gasteiger partial charge < -0.3 is 4.74 Å². The molecule has 0 aromatic rings. The fourth-order valence-corrected chi connectivity index (χ4v) is 0.794. The number of ether oxygens (including phenoxy) is 1. The number of carbonyl (C=O) groups is 1. The molecule has 86 valence electrons. The Bertz CT molecular complexity index is 265. The molecule has 0 rings (SSSR count). The van der Waals surface area contributed by atoms with E-state index in [1.807, 2.05) is 0 Å². The number of nitrogens with zero attached hydrogens (tertiary/aromatic N) is 1. The van der Waals surface area contributed by atoms with Crippen LogP contribution in [-0.4, -0.2) is 28.0 Å². The van der Waals surface area contributed by atoms with Crippen molar-refractivity contribution >= 4 is 6.09 Å². The molecule has 0 saturated heterocycles. The minimum atomic E-state index is -0.794. The first-order chi connectivity index (χ1) is 6.69. The van der Waals surface area contributed by atoms with Gasteiger partial charge in [0.2, 0.25) is 0 Å². The average molecular weight is 213 g/mol. The standard InChI is InChI=1S/C11H19NO3/c1-7-8(2)9(3)12(14)10(13)15-11(4,5)6/h7,9,14H,1-2H2,3-6H3. The first-order valence-corrected chi connectivity index (χ1v) is 4.71. The maximum Gasteiger partial charge on any atom is 0.434 e. The molecule has 0 bridgehead atoms. The molecule has 0 saturated carbocycles.